The predicted octanol–water partition coefficient (Wildman–Crippen LogP) is 5.92. The van der Waals surface area contributed by atoms with Gasteiger partial charge < -0.3 is 10.1 Å². The molecule has 0 aliphatic rings. The number of sulfonamides is 1. The predicted molar refractivity (Wildman–Crippen MR) is 138 cm³/mol. The minimum atomic E-state index is -4.79. The first-order valence-electron chi connectivity index (χ1n) is 11.5. The first kappa shape index (κ1) is 29.0. The summed E-state index contributed by atoms with van der Waals surface area (Å²) in [4.78, 5) is 17.1. The first-order valence-corrected chi connectivity index (χ1v) is 13.3. The van der Waals surface area contributed by atoms with Gasteiger partial charge in [0.15, 0.2) is 0 Å². The zero-order chi connectivity index (χ0) is 27.9. The highest BCUT2D eigenvalue weighted by Gasteiger charge is 2.31. The smallest absolute Gasteiger partial charge is 0.406 e. The molecule has 0 atom stereocenters. The Morgan fingerprint density at radius 3 is 2.37 bits per heavy atom. The van der Waals surface area contributed by atoms with Crippen molar-refractivity contribution in [2.75, 3.05) is 6.54 Å². The number of hydrogen-bond acceptors (Lipinski definition) is 5. The lowest BCUT2D eigenvalue weighted by Crippen LogP contribution is -2.38. The van der Waals surface area contributed by atoms with Gasteiger partial charge in [0.05, 0.1) is 10.6 Å². The van der Waals surface area contributed by atoms with Gasteiger partial charge in [0.25, 0.3) is 15.9 Å². The van der Waals surface area contributed by atoms with Gasteiger partial charge in [0.2, 0.25) is 0 Å². The third-order valence-corrected chi connectivity index (χ3v) is 7.44. The number of nitrogens with zero attached hydrogens (tertiary/aromatic N) is 2. The zero-order valence-corrected chi connectivity index (χ0v) is 21.9. The number of pyridine rings is 1. The molecule has 0 aliphatic heterocycles. The van der Waals surface area contributed by atoms with Crippen LogP contribution in [0.4, 0.5) is 13.2 Å². The molecule has 3 aromatic rings. The molecule has 0 saturated heterocycles. The Morgan fingerprint density at radius 1 is 1.11 bits per heavy atom. The van der Waals surface area contributed by atoms with Crippen molar-refractivity contribution < 1.29 is 31.1 Å². The highest BCUT2D eigenvalue weighted by atomic mass is 35.5. The number of alkyl halides is 3. The summed E-state index contributed by atoms with van der Waals surface area (Å²) in [5, 5.41) is 3.04. The van der Waals surface area contributed by atoms with Gasteiger partial charge in [0, 0.05) is 29.9 Å². The van der Waals surface area contributed by atoms with Crippen molar-refractivity contribution >= 4 is 27.5 Å². The molecule has 7 nitrogen and oxygen atoms in total. The Kier molecular flexibility index (Phi) is 9.40. The quantitative estimate of drug-likeness (QED) is 0.291. The maximum atomic E-state index is 13.2. The van der Waals surface area contributed by atoms with Crippen LogP contribution in [0.5, 0.6) is 5.75 Å². The highest BCUT2D eigenvalue weighted by Crippen LogP contribution is 2.26. The van der Waals surface area contributed by atoms with Crippen LogP contribution in [-0.2, 0) is 21.4 Å². The minimum absolute atomic E-state index is 0.0163. The average Bonchev–Trinajstić information content (AvgIpc) is 2.87. The number of rotatable bonds is 11. The maximum Gasteiger partial charge on any atom is 0.573 e. The van der Waals surface area contributed by atoms with Gasteiger partial charge in [-0.15, -0.1) is 13.2 Å². The van der Waals surface area contributed by atoms with Crippen LogP contribution in [-0.4, -0.2) is 36.5 Å². The first-order chi connectivity index (χ1) is 17.9. The Morgan fingerprint density at radius 2 is 1.76 bits per heavy atom. The molecule has 3 rings (SSSR count). The van der Waals surface area contributed by atoms with E-state index in [2.05, 4.69) is 21.6 Å². The lowest BCUT2D eigenvalue weighted by atomic mass is 10.1. The molecule has 0 radical (unpaired) electrons. The minimum Gasteiger partial charge on any atom is -0.406 e. The van der Waals surface area contributed by atoms with Crippen molar-refractivity contribution in [2.24, 2.45) is 0 Å². The van der Waals surface area contributed by atoms with Gasteiger partial charge in [-0.3, -0.25) is 14.1 Å². The average molecular weight is 568 g/mol. The van der Waals surface area contributed by atoms with E-state index in [4.69, 9.17) is 11.6 Å². The van der Waals surface area contributed by atoms with E-state index in [-0.39, 0.29) is 29.4 Å². The number of aromatic nitrogens is 1. The molecule has 0 fully saturated rings. The summed E-state index contributed by atoms with van der Waals surface area (Å²) >= 11 is 5.88. The van der Waals surface area contributed by atoms with Crippen LogP contribution in [0.3, 0.4) is 0 Å². The van der Waals surface area contributed by atoms with Gasteiger partial charge in [0.1, 0.15) is 11.4 Å². The summed E-state index contributed by atoms with van der Waals surface area (Å²) in [5.74, 6) is -1.03. The second-order valence-corrected chi connectivity index (χ2v) is 10.4. The largest absolute Gasteiger partial charge is 0.573 e. The molecule has 0 saturated carbocycles. The van der Waals surface area contributed by atoms with E-state index < -0.39 is 22.3 Å². The van der Waals surface area contributed by atoms with Gasteiger partial charge >= 0.3 is 6.36 Å². The monoisotopic (exact) mass is 567 g/mol. The molecule has 1 amide bonds. The summed E-state index contributed by atoms with van der Waals surface area (Å²) < 4.78 is 68.5. The molecule has 1 heterocycles. The van der Waals surface area contributed by atoms with E-state index in [1.165, 1.54) is 54.7 Å². The van der Waals surface area contributed by atoms with Gasteiger partial charge in [-0.2, -0.15) is 0 Å². The molecule has 1 N–H and O–H groups in total. The third kappa shape index (κ3) is 7.72. The number of halogens is 4. The van der Waals surface area contributed by atoms with E-state index in [1.807, 2.05) is 6.92 Å². The van der Waals surface area contributed by atoms with E-state index >= 15 is 0 Å². The van der Waals surface area contributed by atoms with Crippen LogP contribution >= 0.6 is 11.6 Å². The van der Waals surface area contributed by atoms with Gasteiger partial charge in [-0.1, -0.05) is 31.5 Å². The van der Waals surface area contributed by atoms with E-state index in [1.54, 1.807) is 12.1 Å². The summed E-state index contributed by atoms with van der Waals surface area (Å²) in [6.07, 6.45) is -2.09. The number of benzene rings is 2. The molecule has 1 aromatic heterocycles. The Hall–Kier alpha value is -3.57. The van der Waals surface area contributed by atoms with Crippen molar-refractivity contribution in [3.05, 3.63) is 89.7 Å². The molecule has 0 aliphatic carbocycles. The summed E-state index contributed by atoms with van der Waals surface area (Å²) in [6, 6.07) is 14.1. The van der Waals surface area contributed by atoms with Crippen molar-refractivity contribution in [2.45, 2.75) is 37.6 Å². The number of hydrogen-bond donors (Lipinski definition) is 1. The van der Waals surface area contributed by atoms with E-state index in [0.29, 0.717) is 34.7 Å². The fourth-order valence-electron chi connectivity index (χ4n) is 3.40. The Bertz CT molecular complexity index is 1380. The van der Waals surface area contributed by atoms with Crippen molar-refractivity contribution in [1.82, 2.24) is 14.6 Å². The summed E-state index contributed by atoms with van der Waals surface area (Å²) in [5.41, 5.74) is 1.40. The van der Waals surface area contributed by atoms with E-state index in [0.717, 1.165) is 4.31 Å². The normalized spacial score (nSPS) is 11.6. The summed E-state index contributed by atoms with van der Waals surface area (Å²) in [7, 11) is -4.05. The van der Waals surface area contributed by atoms with Crippen LogP contribution in [0, 0.1) is 0 Å². The molecule has 0 spiro atoms. The van der Waals surface area contributed by atoms with Crippen LogP contribution in [0.15, 0.2) is 84.0 Å². The molecule has 12 heteroatoms. The lowest BCUT2D eigenvalue weighted by Gasteiger charge is -2.25. The van der Waals surface area contributed by atoms with E-state index in [9.17, 15) is 26.4 Å². The van der Waals surface area contributed by atoms with Gasteiger partial charge in [-0.25, -0.2) is 8.42 Å². The molecular formula is C26H25ClF3N3O4S. The molecule has 2 aromatic carbocycles. The molecular weight excluding hydrogens is 543 g/mol. The topological polar surface area (TPSA) is 88.6 Å². The van der Waals surface area contributed by atoms with Crippen LogP contribution in [0.2, 0.25) is 5.02 Å². The molecule has 202 valence electrons. The number of ether oxygens (including phenoxy) is 1. The summed E-state index contributed by atoms with van der Waals surface area (Å²) in [6.45, 7) is 5.73. The number of unbranched alkanes of at least 4 members (excludes halogenated alkanes) is 1. The molecule has 0 bridgehead atoms. The van der Waals surface area contributed by atoms with Crippen molar-refractivity contribution in [3.8, 4) is 17.0 Å². The number of carbonyl (C=O) groups is 1. The third-order valence-electron chi connectivity index (χ3n) is 5.34. The van der Waals surface area contributed by atoms with Crippen molar-refractivity contribution in [1.29, 1.82) is 0 Å². The second kappa shape index (κ2) is 12.3. The number of nitrogens with one attached hydrogen (secondary N) is 1. The van der Waals surface area contributed by atoms with Crippen LogP contribution < -0.4 is 10.1 Å². The van der Waals surface area contributed by atoms with Crippen LogP contribution in [0.1, 0.15) is 25.3 Å². The molecule has 0 unspecified atom stereocenters. The molecule has 38 heavy (non-hydrogen) atoms. The Labute approximate surface area is 224 Å². The maximum absolute atomic E-state index is 13.2. The lowest BCUT2D eigenvalue weighted by molar-refractivity contribution is -0.274. The van der Waals surface area contributed by atoms with Crippen LogP contribution in [0.25, 0.3) is 11.3 Å². The fraction of sp³-hybridized carbons (Fsp3) is 0.231. The Balaban J connectivity index is 1.71. The SMILES string of the molecule is C=C(C(=O)NCc1ccnc(-c2ccc(OC(F)(F)F)cc2)c1)N(CCCC)S(=O)(=O)c1ccc(Cl)cc1. The number of amides is 1. The van der Waals surface area contributed by atoms with Gasteiger partial charge in [-0.05, 0) is 72.6 Å². The highest BCUT2D eigenvalue weighted by molar-refractivity contribution is 7.89. The zero-order valence-electron chi connectivity index (χ0n) is 20.3. The fourth-order valence-corrected chi connectivity index (χ4v) is 5.01. The van der Waals surface area contributed by atoms with Crippen molar-refractivity contribution in [3.63, 3.8) is 0 Å². The second-order valence-electron chi connectivity index (χ2n) is 8.14. The number of carbonyl (C=O) groups excluding carboxylic acids is 1. The standard InChI is InChI=1S/C26H25ClF3N3O4S/c1-3-4-15-33(38(35,36)23-11-7-21(27)8-12-23)18(2)25(34)32-17-19-13-14-31-24(16-19)20-5-9-22(10-6-20)37-26(28,29)30/h5-14,16H,2-4,15,17H2,1H3,(H,32,34).